The molecule has 6 heteroatoms. The number of amides is 2. The van der Waals surface area contributed by atoms with E-state index in [4.69, 9.17) is 9.47 Å². The molecule has 0 atom stereocenters. The average Bonchev–Trinajstić information content (AvgIpc) is 2.84. The number of piperidine rings is 1. The van der Waals surface area contributed by atoms with Crippen molar-refractivity contribution in [1.29, 1.82) is 0 Å². The largest absolute Gasteiger partial charge is 0.494 e. The maximum Gasteiger partial charge on any atom is 0.246 e. The first-order valence-electron chi connectivity index (χ1n) is 11.8. The number of nitrogens with zero attached hydrogens (tertiary/aromatic N) is 2. The SMILES string of the molecule is O=C(/C=C\c1ccccc1)N1CCC(C(=O)N2CC(OCCCOc3ccccc3)C2)CC1. The first kappa shape index (κ1) is 23.1. The summed E-state index contributed by atoms with van der Waals surface area (Å²) >= 11 is 0. The second kappa shape index (κ2) is 11.7. The minimum atomic E-state index is 0.00683. The summed E-state index contributed by atoms with van der Waals surface area (Å²) in [6.07, 6.45) is 5.86. The molecule has 2 fully saturated rings. The summed E-state index contributed by atoms with van der Waals surface area (Å²) in [6.45, 7) is 3.84. The van der Waals surface area contributed by atoms with Crippen LogP contribution in [0.2, 0.25) is 0 Å². The lowest BCUT2D eigenvalue weighted by Gasteiger charge is -2.42. The third-order valence-corrected chi connectivity index (χ3v) is 6.19. The van der Waals surface area contributed by atoms with Gasteiger partial charge in [0.15, 0.2) is 0 Å². The number of hydrogen-bond donors (Lipinski definition) is 0. The Morgan fingerprint density at radius 1 is 0.879 bits per heavy atom. The van der Waals surface area contributed by atoms with E-state index in [2.05, 4.69) is 0 Å². The molecule has 2 heterocycles. The first-order chi connectivity index (χ1) is 16.2. The Labute approximate surface area is 195 Å². The van der Waals surface area contributed by atoms with Crippen molar-refractivity contribution in [2.24, 2.45) is 5.92 Å². The van der Waals surface area contributed by atoms with Crippen LogP contribution in [0.1, 0.15) is 24.8 Å². The highest BCUT2D eigenvalue weighted by atomic mass is 16.5. The van der Waals surface area contributed by atoms with Crippen LogP contribution in [0.5, 0.6) is 5.75 Å². The van der Waals surface area contributed by atoms with Gasteiger partial charge in [0.2, 0.25) is 11.8 Å². The van der Waals surface area contributed by atoms with Crippen LogP contribution >= 0.6 is 0 Å². The van der Waals surface area contributed by atoms with Crippen molar-refractivity contribution in [3.8, 4) is 5.75 Å². The van der Waals surface area contributed by atoms with Gasteiger partial charge in [0.25, 0.3) is 0 Å². The van der Waals surface area contributed by atoms with Gasteiger partial charge in [-0.15, -0.1) is 0 Å². The third kappa shape index (κ3) is 6.68. The van der Waals surface area contributed by atoms with E-state index in [1.54, 1.807) is 6.08 Å². The van der Waals surface area contributed by atoms with E-state index < -0.39 is 0 Å². The molecule has 0 aliphatic carbocycles. The minimum absolute atomic E-state index is 0.00683. The molecule has 2 aliphatic rings. The van der Waals surface area contributed by atoms with E-state index in [9.17, 15) is 9.59 Å². The predicted octanol–water partition coefficient (Wildman–Crippen LogP) is 3.63. The lowest BCUT2D eigenvalue weighted by atomic mass is 9.93. The summed E-state index contributed by atoms with van der Waals surface area (Å²) in [5.41, 5.74) is 1.01. The average molecular weight is 449 g/mol. The molecule has 2 aliphatic heterocycles. The molecular weight excluding hydrogens is 416 g/mol. The molecule has 0 N–H and O–H groups in total. The van der Waals surface area contributed by atoms with Gasteiger partial charge in [0.1, 0.15) is 5.75 Å². The van der Waals surface area contributed by atoms with Gasteiger partial charge in [-0.05, 0) is 36.6 Å². The van der Waals surface area contributed by atoms with Crippen LogP contribution in [0.25, 0.3) is 6.08 Å². The molecule has 6 nitrogen and oxygen atoms in total. The molecule has 4 rings (SSSR count). The molecule has 2 saturated heterocycles. The van der Waals surface area contributed by atoms with Gasteiger partial charge in [-0.1, -0.05) is 48.5 Å². The summed E-state index contributed by atoms with van der Waals surface area (Å²) in [6, 6.07) is 19.6. The van der Waals surface area contributed by atoms with E-state index in [1.165, 1.54) is 0 Å². The monoisotopic (exact) mass is 448 g/mol. The number of likely N-dealkylation sites (tertiary alicyclic amines) is 2. The second-order valence-electron chi connectivity index (χ2n) is 8.59. The van der Waals surface area contributed by atoms with Crippen molar-refractivity contribution in [3.63, 3.8) is 0 Å². The molecule has 2 aromatic rings. The number of hydrogen-bond acceptors (Lipinski definition) is 4. The van der Waals surface area contributed by atoms with E-state index in [0.717, 1.165) is 30.6 Å². The lowest BCUT2D eigenvalue weighted by molar-refractivity contribution is -0.151. The van der Waals surface area contributed by atoms with Crippen LogP contribution in [0.15, 0.2) is 66.7 Å². The molecule has 0 spiro atoms. The number of benzene rings is 2. The normalized spacial score (nSPS) is 17.2. The maximum absolute atomic E-state index is 12.8. The minimum Gasteiger partial charge on any atom is -0.494 e. The number of ether oxygens (including phenoxy) is 2. The second-order valence-corrected chi connectivity index (χ2v) is 8.59. The molecule has 2 aromatic carbocycles. The fourth-order valence-corrected chi connectivity index (χ4v) is 4.18. The van der Waals surface area contributed by atoms with Crippen molar-refractivity contribution in [2.45, 2.75) is 25.4 Å². The third-order valence-electron chi connectivity index (χ3n) is 6.19. The molecule has 174 valence electrons. The Kier molecular flexibility index (Phi) is 8.14. The molecule has 0 aromatic heterocycles. The van der Waals surface area contributed by atoms with Crippen LogP contribution in [0, 0.1) is 5.92 Å². The summed E-state index contributed by atoms with van der Waals surface area (Å²) in [7, 11) is 0. The number of rotatable bonds is 9. The summed E-state index contributed by atoms with van der Waals surface area (Å²) in [4.78, 5) is 28.9. The molecule has 0 radical (unpaired) electrons. The highest BCUT2D eigenvalue weighted by molar-refractivity contribution is 5.92. The Morgan fingerprint density at radius 3 is 2.24 bits per heavy atom. The van der Waals surface area contributed by atoms with Crippen molar-refractivity contribution >= 4 is 17.9 Å². The molecule has 0 unspecified atom stereocenters. The van der Waals surface area contributed by atoms with Crippen LogP contribution in [-0.4, -0.2) is 67.1 Å². The van der Waals surface area contributed by atoms with Gasteiger partial charge in [-0.3, -0.25) is 9.59 Å². The van der Waals surface area contributed by atoms with Gasteiger partial charge < -0.3 is 19.3 Å². The number of carbonyl (C=O) groups excluding carboxylic acids is 2. The standard InChI is InChI=1S/C27H32N2O4/c30-26(13-12-22-8-3-1-4-9-22)28-16-14-23(15-17-28)27(31)29-20-25(21-29)33-19-7-18-32-24-10-5-2-6-11-24/h1-6,8-13,23,25H,7,14-21H2/b13-12-. The van der Waals surface area contributed by atoms with Gasteiger partial charge in [0, 0.05) is 44.6 Å². The van der Waals surface area contributed by atoms with Crippen molar-refractivity contribution < 1.29 is 19.1 Å². The zero-order chi connectivity index (χ0) is 22.9. The Bertz CT molecular complexity index is 918. The van der Waals surface area contributed by atoms with E-state index >= 15 is 0 Å². The fourth-order valence-electron chi connectivity index (χ4n) is 4.18. The highest BCUT2D eigenvalue weighted by Gasteiger charge is 2.36. The van der Waals surface area contributed by atoms with Gasteiger partial charge in [-0.25, -0.2) is 0 Å². The summed E-state index contributed by atoms with van der Waals surface area (Å²) in [5, 5.41) is 0. The molecule has 0 bridgehead atoms. The van der Waals surface area contributed by atoms with Crippen LogP contribution in [0.3, 0.4) is 0 Å². The van der Waals surface area contributed by atoms with E-state index in [0.29, 0.717) is 39.4 Å². The summed E-state index contributed by atoms with van der Waals surface area (Å²) < 4.78 is 11.5. The first-order valence-corrected chi connectivity index (χ1v) is 11.8. The maximum atomic E-state index is 12.8. The number of carbonyl (C=O) groups is 2. The zero-order valence-corrected chi connectivity index (χ0v) is 19.0. The fraction of sp³-hybridized carbons (Fsp3) is 0.407. The molecule has 0 saturated carbocycles. The molecular formula is C27H32N2O4. The van der Waals surface area contributed by atoms with Crippen molar-refractivity contribution in [2.75, 3.05) is 39.4 Å². The Balaban J connectivity index is 1.09. The zero-order valence-electron chi connectivity index (χ0n) is 19.0. The quantitative estimate of drug-likeness (QED) is 0.434. The van der Waals surface area contributed by atoms with Crippen LogP contribution < -0.4 is 4.74 Å². The van der Waals surface area contributed by atoms with Crippen LogP contribution in [-0.2, 0) is 14.3 Å². The highest BCUT2D eigenvalue weighted by Crippen LogP contribution is 2.24. The smallest absolute Gasteiger partial charge is 0.246 e. The van der Waals surface area contributed by atoms with Gasteiger partial charge in [-0.2, -0.15) is 0 Å². The van der Waals surface area contributed by atoms with Crippen LogP contribution in [0.4, 0.5) is 0 Å². The van der Waals surface area contributed by atoms with Crippen molar-refractivity contribution in [3.05, 3.63) is 72.3 Å². The van der Waals surface area contributed by atoms with Crippen molar-refractivity contribution in [1.82, 2.24) is 9.80 Å². The summed E-state index contributed by atoms with van der Waals surface area (Å²) in [5.74, 6) is 1.10. The van der Waals surface area contributed by atoms with Gasteiger partial charge >= 0.3 is 0 Å². The molecule has 33 heavy (non-hydrogen) atoms. The molecule has 2 amide bonds. The number of para-hydroxylation sites is 1. The topological polar surface area (TPSA) is 59.1 Å². The van der Waals surface area contributed by atoms with E-state index in [-0.39, 0.29) is 23.8 Å². The van der Waals surface area contributed by atoms with E-state index in [1.807, 2.05) is 76.5 Å². The Hall–Kier alpha value is -3.12. The Morgan fingerprint density at radius 2 is 1.55 bits per heavy atom. The predicted molar refractivity (Wildman–Crippen MR) is 128 cm³/mol. The van der Waals surface area contributed by atoms with Gasteiger partial charge in [0.05, 0.1) is 19.3 Å². The lowest BCUT2D eigenvalue weighted by Crippen LogP contribution is -2.57.